The molecule has 0 atom stereocenters. The Morgan fingerprint density at radius 3 is 2.46 bits per heavy atom. The van der Waals surface area contributed by atoms with E-state index >= 15 is 0 Å². The first-order valence-corrected chi connectivity index (χ1v) is 8.85. The van der Waals surface area contributed by atoms with Gasteiger partial charge in [0.15, 0.2) is 6.29 Å². The molecule has 2 aromatic heterocycles. The lowest BCUT2D eigenvalue weighted by atomic mass is 10.2. The summed E-state index contributed by atoms with van der Waals surface area (Å²) in [5.41, 5.74) is 1.65. The number of anilines is 1. The highest BCUT2D eigenvalue weighted by Gasteiger charge is 2.16. The average molecular weight is 372 g/mol. The fraction of sp³-hybridized carbons (Fsp3) is 0.263. The maximum Gasteiger partial charge on any atom is 0.162 e. The molecule has 7 heteroatoms. The van der Waals surface area contributed by atoms with E-state index in [9.17, 15) is 4.79 Å². The Labute approximate surface area is 158 Å². The van der Waals surface area contributed by atoms with Gasteiger partial charge >= 0.3 is 0 Å². The van der Waals surface area contributed by atoms with Gasteiger partial charge in [-0.2, -0.15) is 0 Å². The second-order valence-electron chi connectivity index (χ2n) is 5.33. The van der Waals surface area contributed by atoms with E-state index in [4.69, 9.17) is 0 Å². The predicted octanol–water partition coefficient (Wildman–Crippen LogP) is 4.17. The van der Waals surface area contributed by atoms with Gasteiger partial charge in [-0.1, -0.05) is 25.3 Å². The third kappa shape index (κ3) is 5.63. The van der Waals surface area contributed by atoms with E-state index < -0.39 is 0 Å². The summed E-state index contributed by atoms with van der Waals surface area (Å²) in [7, 11) is 5.77. The van der Waals surface area contributed by atoms with Gasteiger partial charge in [-0.25, -0.2) is 9.98 Å². The van der Waals surface area contributed by atoms with Crippen molar-refractivity contribution in [2.75, 3.05) is 32.6 Å². The number of thiophene rings is 1. The topological polar surface area (TPSA) is 61.2 Å². The van der Waals surface area contributed by atoms with Gasteiger partial charge in [0.1, 0.15) is 4.83 Å². The van der Waals surface area contributed by atoms with Gasteiger partial charge in [0.25, 0.3) is 0 Å². The number of fused-ring (bicyclic) bond motifs is 1. The molecule has 0 saturated carbocycles. The summed E-state index contributed by atoms with van der Waals surface area (Å²) in [5, 5.41) is 0.900. The monoisotopic (exact) mass is 371 g/mol. The second kappa shape index (κ2) is 10.9. The van der Waals surface area contributed by atoms with Crippen molar-refractivity contribution < 1.29 is 4.79 Å². The smallest absolute Gasteiger partial charge is 0.162 e. The molecule has 0 aliphatic carbocycles. The first-order chi connectivity index (χ1) is 12.5. The number of aromatic nitrogens is 1. The molecule has 0 aromatic carbocycles. The Balaban J connectivity index is 0.000000765. The summed E-state index contributed by atoms with van der Waals surface area (Å²) in [4.78, 5) is 29.5. The van der Waals surface area contributed by atoms with Crippen LogP contribution < -0.4 is 4.90 Å². The predicted molar refractivity (Wildman–Crippen MR) is 115 cm³/mol. The number of rotatable bonds is 7. The fourth-order valence-corrected chi connectivity index (χ4v) is 2.90. The molecule has 26 heavy (non-hydrogen) atoms. The van der Waals surface area contributed by atoms with Crippen molar-refractivity contribution in [1.29, 1.82) is 0 Å². The molecule has 0 saturated heterocycles. The summed E-state index contributed by atoms with van der Waals surface area (Å²) >= 11 is 1.35. The molecule has 138 valence electrons. The van der Waals surface area contributed by atoms with Gasteiger partial charge in [0.05, 0.1) is 34.3 Å². The third-order valence-corrected chi connectivity index (χ3v) is 4.15. The second-order valence-corrected chi connectivity index (χ2v) is 6.36. The number of aldehydes is 1. The average Bonchev–Trinajstić information content (AvgIpc) is 3.02. The van der Waals surface area contributed by atoms with Crippen molar-refractivity contribution in [3.63, 3.8) is 0 Å². The van der Waals surface area contributed by atoms with Crippen LogP contribution >= 0.6 is 11.3 Å². The Morgan fingerprint density at radius 1 is 1.23 bits per heavy atom. The molecule has 0 aliphatic rings. The van der Waals surface area contributed by atoms with Gasteiger partial charge in [-0.3, -0.25) is 9.79 Å². The van der Waals surface area contributed by atoms with Crippen molar-refractivity contribution in [2.24, 2.45) is 9.98 Å². The summed E-state index contributed by atoms with van der Waals surface area (Å²) in [6.45, 7) is 9.40. The molecular formula is C19H25N5OS. The zero-order valence-electron chi connectivity index (χ0n) is 15.7. The minimum Gasteiger partial charge on any atom is -0.377 e. The van der Waals surface area contributed by atoms with Crippen LogP contribution in [0.25, 0.3) is 10.2 Å². The number of pyridine rings is 1. The molecule has 2 rings (SSSR count). The molecule has 0 amide bonds. The van der Waals surface area contributed by atoms with Crippen LogP contribution in [0.2, 0.25) is 0 Å². The summed E-state index contributed by atoms with van der Waals surface area (Å²) in [6.07, 6.45) is 9.21. The number of aliphatic imine (C=N–C) groups is 2. The molecule has 0 bridgehead atoms. The van der Waals surface area contributed by atoms with Crippen molar-refractivity contribution >= 4 is 51.9 Å². The van der Waals surface area contributed by atoms with E-state index in [1.54, 1.807) is 35.9 Å². The first kappa shape index (κ1) is 21.2. The summed E-state index contributed by atoms with van der Waals surface area (Å²) < 4.78 is 0. The van der Waals surface area contributed by atoms with Crippen molar-refractivity contribution in [2.45, 2.75) is 6.92 Å². The minimum absolute atomic E-state index is 0.578. The molecule has 0 spiro atoms. The zero-order valence-corrected chi connectivity index (χ0v) is 16.5. The van der Waals surface area contributed by atoms with E-state index in [1.165, 1.54) is 11.3 Å². The molecule has 0 fully saturated rings. The van der Waals surface area contributed by atoms with E-state index in [-0.39, 0.29) is 0 Å². The number of carbonyl (C=O) groups is 1. The quantitative estimate of drug-likeness (QED) is 0.317. The molecule has 6 nitrogen and oxygen atoms in total. The van der Waals surface area contributed by atoms with Gasteiger partial charge in [0, 0.05) is 33.9 Å². The van der Waals surface area contributed by atoms with Crippen LogP contribution in [0.5, 0.6) is 0 Å². The molecule has 2 heterocycles. The largest absolute Gasteiger partial charge is 0.377 e. The van der Waals surface area contributed by atoms with Crippen LogP contribution in [0, 0.1) is 0 Å². The zero-order chi connectivity index (χ0) is 19.5. The number of hydrogen-bond acceptors (Lipinski definition) is 6. The van der Waals surface area contributed by atoms with E-state index in [0.717, 1.165) is 22.2 Å². The van der Waals surface area contributed by atoms with Crippen LogP contribution in [0.3, 0.4) is 0 Å². The van der Waals surface area contributed by atoms with Crippen LogP contribution in [0.1, 0.15) is 16.6 Å². The Hall–Kier alpha value is -2.80. The molecule has 0 unspecified atom stereocenters. The Morgan fingerprint density at radius 2 is 1.92 bits per heavy atom. The molecular weight excluding hydrogens is 346 g/mol. The first-order valence-electron chi connectivity index (χ1n) is 8.03. The highest BCUT2D eigenvalue weighted by Crippen LogP contribution is 2.40. The molecule has 0 N–H and O–H groups in total. The van der Waals surface area contributed by atoms with Crippen molar-refractivity contribution in [1.82, 2.24) is 9.88 Å². The highest BCUT2D eigenvalue weighted by atomic mass is 32.1. The molecule has 0 aliphatic heterocycles. The maximum absolute atomic E-state index is 11.4. The van der Waals surface area contributed by atoms with Gasteiger partial charge in [-0.15, -0.1) is 11.3 Å². The third-order valence-electron chi connectivity index (χ3n) is 3.14. The molecule has 0 radical (unpaired) electrons. The lowest BCUT2D eigenvalue weighted by Gasteiger charge is -2.13. The summed E-state index contributed by atoms with van der Waals surface area (Å²) in [6, 6.07) is 1.92. The maximum atomic E-state index is 11.4. The van der Waals surface area contributed by atoms with Crippen LogP contribution in [-0.4, -0.2) is 56.5 Å². The number of nitrogens with zero attached hydrogens (tertiary/aromatic N) is 5. The van der Waals surface area contributed by atoms with Crippen molar-refractivity contribution in [3.05, 3.63) is 42.5 Å². The summed E-state index contributed by atoms with van der Waals surface area (Å²) in [5.74, 6) is 0. The molecule has 2 aromatic rings. The fourth-order valence-electron chi connectivity index (χ4n) is 1.98. The van der Waals surface area contributed by atoms with E-state index in [2.05, 4.69) is 28.1 Å². The van der Waals surface area contributed by atoms with Gasteiger partial charge in [-0.05, 0) is 13.0 Å². The standard InChI is InChI=1S/C15H19N5OS.C4H6/c1-5-16-9-20(4)10-18-14-12(8-21)22-15-13(14)11(19(2)3)6-7-17-15;1-3-4-2/h6-10H,5H2,1-4H3;3-4H,1-2H2. The van der Waals surface area contributed by atoms with E-state index in [1.807, 2.05) is 39.0 Å². The number of allylic oxidation sites excluding steroid dienone is 2. The lowest BCUT2D eigenvalue weighted by molar-refractivity contribution is 0.112. The van der Waals surface area contributed by atoms with Crippen LogP contribution in [0.15, 0.2) is 47.6 Å². The highest BCUT2D eigenvalue weighted by molar-refractivity contribution is 7.21. The van der Waals surface area contributed by atoms with Gasteiger partial charge in [0.2, 0.25) is 0 Å². The SMILES string of the molecule is C=CC=C.CCN=CN(C)C=Nc1c(C=O)sc2nccc(N(C)C)c12. The van der Waals surface area contributed by atoms with E-state index in [0.29, 0.717) is 17.1 Å². The van der Waals surface area contributed by atoms with Crippen molar-refractivity contribution in [3.8, 4) is 0 Å². The number of hydrogen-bond donors (Lipinski definition) is 0. The van der Waals surface area contributed by atoms with Gasteiger partial charge < -0.3 is 9.80 Å². The Kier molecular flexibility index (Phi) is 8.94. The van der Waals surface area contributed by atoms with Crippen LogP contribution in [0.4, 0.5) is 11.4 Å². The Bertz CT molecular complexity index is 802. The number of carbonyl (C=O) groups excluding carboxylic acids is 1. The lowest BCUT2D eigenvalue weighted by Crippen LogP contribution is -2.13. The normalized spacial score (nSPS) is 10.6. The van der Waals surface area contributed by atoms with Crippen LogP contribution in [-0.2, 0) is 0 Å². The minimum atomic E-state index is 0.578.